The molecular formula is C29H39NO4. The van der Waals surface area contributed by atoms with Crippen molar-refractivity contribution < 1.29 is 19.4 Å². The van der Waals surface area contributed by atoms with E-state index in [9.17, 15) is 9.90 Å². The number of hydrogen-bond donors (Lipinski definition) is 1. The van der Waals surface area contributed by atoms with E-state index in [-0.39, 0.29) is 0 Å². The van der Waals surface area contributed by atoms with Crippen molar-refractivity contribution in [2.24, 2.45) is 0 Å². The average molecular weight is 466 g/mol. The van der Waals surface area contributed by atoms with Gasteiger partial charge in [-0.3, -0.25) is 4.90 Å². The summed E-state index contributed by atoms with van der Waals surface area (Å²) in [4.78, 5) is 15.2. The summed E-state index contributed by atoms with van der Waals surface area (Å²) in [6.45, 7) is 15.7. The molecular weight excluding hydrogens is 426 g/mol. The molecule has 34 heavy (non-hydrogen) atoms. The van der Waals surface area contributed by atoms with Gasteiger partial charge < -0.3 is 14.6 Å². The quantitative estimate of drug-likeness (QED) is 0.609. The van der Waals surface area contributed by atoms with Crippen LogP contribution < -0.4 is 0 Å². The molecule has 2 aromatic carbocycles. The Hall–Kier alpha value is -2.21. The molecule has 5 nitrogen and oxygen atoms in total. The zero-order chi connectivity index (χ0) is 24.6. The number of benzene rings is 2. The zero-order valence-corrected chi connectivity index (χ0v) is 21.5. The fourth-order valence-corrected chi connectivity index (χ4v) is 5.61. The van der Waals surface area contributed by atoms with Crippen molar-refractivity contribution in [3.63, 3.8) is 0 Å². The van der Waals surface area contributed by atoms with Gasteiger partial charge in [-0.25, -0.2) is 4.79 Å². The minimum Gasteiger partial charge on any atom is -0.479 e. The van der Waals surface area contributed by atoms with Crippen LogP contribution in [0, 0.1) is 20.8 Å². The van der Waals surface area contributed by atoms with Crippen molar-refractivity contribution in [2.45, 2.75) is 85.1 Å². The van der Waals surface area contributed by atoms with E-state index in [4.69, 9.17) is 9.47 Å². The maximum Gasteiger partial charge on any atom is 0.337 e. The molecule has 1 fully saturated rings. The van der Waals surface area contributed by atoms with Crippen molar-refractivity contribution >= 4 is 5.97 Å². The van der Waals surface area contributed by atoms with Gasteiger partial charge in [0.15, 0.2) is 6.10 Å². The fourth-order valence-electron chi connectivity index (χ4n) is 5.61. The van der Waals surface area contributed by atoms with Crippen molar-refractivity contribution in [1.29, 1.82) is 0 Å². The number of hydrogen-bond acceptors (Lipinski definition) is 4. The van der Waals surface area contributed by atoms with E-state index >= 15 is 0 Å². The first-order chi connectivity index (χ1) is 16.1. The van der Waals surface area contributed by atoms with Gasteiger partial charge in [-0.2, -0.15) is 0 Å². The first kappa shape index (κ1) is 24.9. The Morgan fingerprint density at radius 2 is 1.71 bits per heavy atom. The van der Waals surface area contributed by atoms with Gasteiger partial charge in [0, 0.05) is 37.9 Å². The van der Waals surface area contributed by atoms with Gasteiger partial charge in [0.1, 0.15) is 0 Å². The highest BCUT2D eigenvalue weighted by atomic mass is 16.5. The summed E-state index contributed by atoms with van der Waals surface area (Å²) in [6.07, 6.45) is 2.07. The molecule has 1 unspecified atom stereocenters. The second kappa shape index (κ2) is 9.80. The molecule has 2 aliphatic heterocycles. The second-order valence-electron chi connectivity index (χ2n) is 10.9. The van der Waals surface area contributed by atoms with E-state index < -0.39 is 17.7 Å². The topological polar surface area (TPSA) is 59.0 Å². The van der Waals surface area contributed by atoms with Gasteiger partial charge in [-0.05, 0) is 94.2 Å². The Labute approximate surface area is 204 Å². The number of aliphatic carboxylic acids is 1. The predicted octanol–water partition coefficient (Wildman–Crippen LogP) is 5.76. The molecule has 0 aliphatic carbocycles. The van der Waals surface area contributed by atoms with Gasteiger partial charge in [0.2, 0.25) is 0 Å². The molecule has 2 aromatic rings. The third-order valence-electron chi connectivity index (χ3n) is 7.33. The summed E-state index contributed by atoms with van der Waals surface area (Å²) in [5.41, 5.74) is 8.39. The van der Waals surface area contributed by atoms with E-state index in [1.165, 1.54) is 22.3 Å². The van der Waals surface area contributed by atoms with Crippen molar-refractivity contribution in [3.8, 4) is 11.1 Å². The van der Waals surface area contributed by atoms with Gasteiger partial charge in [-0.15, -0.1) is 0 Å². The monoisotopic (exact) mass is 465 g/mol. The van der Waals surface area contributed by atoms with E-state index in [1.54, 1.807) is 0 Å². The summed E-state index contributed by atoms with van der Waals surface area (Å²) < 4.78 is 11.8. The molecule has 0 aromatic heterocycles. The highest BCUT2D eigenvalue weighted by Gasteiger charge is 2.35. The van der Waals surface area contributed by atoms with Crippen LogP contribution in [0.4, 0.5) is 0 Å². The number of nitrogens with zero attached hydrogens (tertiary/aromatic N) is 1. The molecule has 1 N–H and O–H groups in total. The van der Waals surface area contributed by atoms with Crippen LogP contribution in [-0.2, 0) is 27.2 Å². The smallest absolute Gasteiger partial charge is 0.337 e. The average Bonchev–Trinajstić information content (AvgIpc) is 2.80. The number of ether oxygens (including phenoxy) is 2. The lowest BCUT2D eigenvalue weighted by Gasteiger charge is -2.40. The second-order valence-corrected chi connectivity index (χ2v) is 10.9. The van der Waals surface area contributed by atoms with Gasteiger partial charge in [-0.1, -0.05) is 29.8 Å². The maximum atomic E-state index is 12.6. The summed E-state index contributed by atoms with van der Waals surface area (Å²) in [7, 11) is 0. The number of aryl methyl sites for hydroxylation is 1. The molecule has 5 heteroatoms. The first-order valence-electron chi connectivity index (χ1n) is 12.5. The molecule has 0 amide bonds. The Morgan fingerprint density at radius 3 is 2.29 bits per heavy atom. The Balaban J connectivity index is 1.89. The lowest BCUT2D eigenvalue weighted by Crippen LogP contribution is -2.43. The molecule has 2 heterocycles. The van der Waals surface area contributed by atoms with Crippen LogP contribution in [0.15, 0.2) is 24.3 Å². The molecule has 0 bridgehead atoms. The van der Waals surface area contributed by atoms with Crippen LogP contribution in [0.1, 0.15) is 73.1 Å². The molecule has 0 spiro atoms. The molecule has 1 saturated heterocycles. The Bertz CT molecular complexity index is 1050. The van der Waals surface area contributed by atoms with E-state index in [0.717, 1.165) is 67.8 Å². The normalized spacial score (nSPS) is 18.5. The van der Waals surface area contributed by atoms with E-state index in [1.807, 2.05) is 20.8 Å². The lowest BCUT2D eigenvalue weighted by molar-refractivity contribution is -0.160. The van der Waals surface area contributed by atoms with Gasteiger partial charge >= 0.3 is 5.97 Å². The molecule has 0 saturated carbocycles. The lowest BCUT2D eigenvalue weighted by atomic mass is 9.79. The number of fused-ring (bicyclic) bond motifs is 1. The SMILES string of the molecule is Cc1ccc(-c2c(C)c3c(c(C)c2C(OC(C)(C)C)C(=O)O)CCN(C2CCOCC2)C3)cc1. The van der Waals surface area contributed by atoms with Crippen LogP contribution in [-0.4, -0.2) is 47.4 Å². The number of rotatable bonds is 5. The van der Waals surface area contributed by atoms with Crippen molar-refractivity contribution in [1.82, 2.24) is 4.90 Å². The minimum absolute atomic E-state index is 0.556. The third-order valence-corrected chi connectivity index (χ3v) is 7.33. The molecule has 184 valence electrons. The summed E-state index contributed by atoms with van der Waals surface area (Å²) >= 11 is 0. The van der Waals surface area contributed by atoms with E-state index in [2.05, 4.69) is 49.9 Å². The number of carbonyl (C=O) groups is 1. The van der Waals surface area contributed by atoms with E-state index in [0.29, 0.717) is 6.04 Å². The maximum absolute atomic E-state index is 12.6. The van der Waals surface area contributed by atoms with Crippen LogP contribution in [0.3, 0.4) is 0 Å². The first-order valence-corrected chi connectivity index (χ1v) is 12.5. The van der Waals surface area contributed by atoms with Crippen LogP contribution >= 0.6 is 0 Å². The van der Waals surface area contributed by atoms with Crippen LogP contribution in [0.2, 0.25) is 0 Å². The molecule has 1 atom stereocenters. The van der Waals surface area contributed by atoms with Gasteiger partial charge in [0.05, 0.1) is 5.60 Å². The number of carboxylic acids is 1. The highest BCUT2D eigenvalue weighted by molar-refractivity contribution is 5.84. The largest absolute Gasteiger partial charge is 0.479 e. The molecule has 4 rings (SSSR count). The predicted molar refractivity (Wildman–Crippen MR) is 135 cm³/mol. The molecule has 0 radical (unpaired) electrons. The fraction of sp³-hybridized carbons (Fsp3) is 0.552. The zero-order valence-electron chi connectivity index (χ0n) is 21.5. The number of carboxylic acid groups (broad SMARTS) is 1. The van der Waals surface area contributed by atoms with Crippen molar-refractivity contribution in [3.05, 3.63) is 57.6 Å². The Kier molecular flexibility index (Phi) is 7.18. The summed E-state index contributed by atoms with van der Waals surface area (Å²) in [5.74, 6) is -0.939. The van der Waals surface area contributed by atoms with Crippen LogP contribution in [0.5, 0.6) is 0 Å². The van der Waals surface area contributed by atoms with Crippen LogP contribution in [0.25, 0.3) is 11.1 Å². The van der Waals surface area contributed by atoms with Gasteiger partial charge in [0.25, 0.3) is 0 Å². The standard InChI is InChI=1S/C29H39NO4/c1-18-7-9-21(10-8-18)25-20(3)24-17-30(22-12-15-33-16-13-22)14-11-23(24)19(2)26(25)27(28(31)32)34-29(4,5)6/h7-10,22,27H,11-17H2,1-6H3,(H,31,32). The Morgan fingerprint density at radius 1 is 1.06 bits per heavy atom. The third kappa shape index (κ3) is 5.07. The summed E-state index contributed by atoms with van der Waals surface area (Å²) in [5, 5.41) is 10.3. The minimum atomic E-state index is -1.02. The highest BCUT2D eigenvalue weighted by Crippen LogP contribution is 2.43. The summed E-state index contributed by atoms with van der Waals surface area (Å²) in [6, 6.07) is 8.98. The van der Waals surface area contributed by atoms with Crippen molar-refractivity contribution in [2.75, 3.05) is 19.8 Å². The molecule has 2 aliphatic rings.